The zero-order chi connectivity index (χ0) is 15.6. The number of rotatable bonds is 3. The molecule has 114 valence electrons. The average Bonchev–Trinajstić information content (AvgIpc) is 2.80. The topological polar surface area (TPSA) is 69.6 Å². The molecular formula is C16H22N2O3. The van der Waals surface area contributed by atoms with E-state index in [2.05, 4.69) is 5.32 Å². The standard InChI is InChI=1S/C16H22N2O3/c1-16(2,3)13(10-14(19)20)17-15(21)18-9-8-11-6-4-5-7-12(11)18/h4-7,13H,8-10H2,1-3H3,(H,17,21)(H,19,20). The number of hydrogen-bond acceptors (Lipinski definition) is 2. The second-order valence-electron chi connectivity index (χ2n) is 6.50. The minimum Gasteiger partial charge on any atom is -0.481 e. The lowest BCUT2D eigenvalue weighted by molar-refractivity contribution is -0.138. The first kappa shape index (κ1) is 15.4. The molecule has 1 unspecified atom stereocenters. The number of fused-ring (bicyclic) bond motifs is 1. The Balaban J connectivity index is 2.12. The van der Waals surface area contributed by atoms with Gasteiger partial charge >= 0.3 is 12.0 Å². The molecule has 1 atom stereocenters. The number of amides is 2. The average molecular weight is 290 g/mol. The van der Waals surface area contributed by atoms with Crippen molar-refractivity contribution in [3.05, 3.63) is 29.8 Å². The smallest absolute Gasteiger partial charge is 0.322 e. The number of hydrogen-bond donors (Lipinski definition) is 2. The maximum atomic E-state index is 12.5. The largest absolute Gasteiger partial charge is 0.481 e. The van der Waals surface area contributed by atoms with Crippen molar-refractivity contribution in [3.8, 4) is 0 Å². The number of urea groups is 1. The third-order valence-corrected chi connectivity index (χ3v) is 3.85. The molecule has 0 saturated carbocycles. The van der Waals surface area contributed by atoms with Crippen molar-refractivity contribution in [2.45, 2.75) is 39.7 Å². The van der Waals surface area contributed by atoms with Gasteiger partial charge in [-0.25, -0.2) is 4.79 Å². The van der Waals surface area contributed by atoms with Crippen molar-refractivity contribution in [1.82, 2.24) is 5.32 Å². The molecule has 0 fully saturated rings. The number of anilines is 1. The van der Waals surface area contributed by atoms with Crippen LogP contribution in [-0.2, 0) is 11.2 Å². The van der Waals surface area contributed by atoms with Crippen LogP contribution in [-0.4, -0.2) is 29.7 Å². The van der Waals surface area contributed by atoms with Gasteiger partial charge in [0.05, 0.1) is 6.42 Å². The molecule has 2 rings (SSSR count). The van der Waals surface area contributed by atoms with Crippen LogP contribution in [0.2, 0.25) is 0 Å². The molecule has 5 heteroatoms. The van der Waals surface area contributed by atoms with E-state index in [0.29, 0.717) is 6.54 Å². The van der Waals surface area contributed by atoms with Crippen molar-refractivity contribution >= 4 is 17.7 Å². The Labute approximate surface area is 125 Å². The maximum Gasteiger partial charge on any atom is 0.322 e. The number of nitrogens with zero attached hydrogens (tertiary/aromatic N) is 1. The van der Waals surface area contributed by atoms with E-state index in [0.717, 1.165) is 17.7 Å². The molecule has 1 aliphatic heterocycles. The van der Waals surface area contributed by atoms with Crippen molar-refractivity contribution in [3.63, 3.8) is 0 Å². The summed E-state index contributed by atoms with van der Waals surface area (Å²) in [6.45, 7) is 6.42. The van der Waals surface area contributed by atoms with E-state index in [4.69, 9.17) is 5.11 Å². The van der Waals surface area contributed by atoms with Crippen molar-refractivity contribution in [2.24, 2.45) is 5.41 Å². The molecule has 1 aromatic carbocycles. The van der Waals surface area contributed by atoms with Crippen LogP contribution < -0.4 is 10.2 Å². The Bertz CT molecular complexity index is 549. The van der Waals surface area contributed by atoms with E-state index in [-0.39, 0.29) is 17.9 Å². The van der Waals surface area contributed by atoms with Gasteiger partial charge in [0.25, 0.3) is 0 Å². The minimum atomic E-state index is -0.906. The zero-order valence-corrected chi connectivity index (χ0v) is 12.7. The quantitative estimate of drug-likeness (QED) is 0.899. The normalized spacial score (nSPS) is 15.5. The lowest BCUT2D eigenvalue weighted by Crippen LogP contribution is -2.50. The summed E-state index contributed by atoms with van der Waals surface area (Å²) < 4.78 is 0. The van der Waals surface area contributed by atoms with Crippen LogP contribution in [0.5, 0.6) is 0 Å². The van der Waals surface area contributed by atoms with Crippen LogP contribution in [0.25, 0.3) is 0 Å². The Morgan fingerprint density at radius 2 is 2.00 bits per heavy atom. The van der Waals surface area contributed by atoms with E-state index in [1.54, 1.807) is 4.90 Å². The highest BCUT2D eigenvalue weighted by molar-refractivity contribution is 5.94. The van der Waals surface area contributed by atoms with Gasteiger partial charge in [-0.15, -0.1) is 0 Å². The van der Waals surface area contributed by atoms with Gasteiger partial charge in [0.15, 0.2) is 0 Å². The highest BCUT2D eigenvalue weighted by Gasteiger charge is 2.32. The number of nitrogens with one attached hydrogen (secondary N) is 1. The van der Waals surface area contributed by atoms with E-state index >= 15 is 0 Å². The summed E-state index contributed by atoms with van der Waals surface area (Å²) in [6, 6.07) is 7.18. The SMILES string of the molecule is CC(C)(C)C(CC(=O)O)NC(=O)N1CCc2ccccc21. The number of benzene rings is 1. The third-order valence-electron chi connectivity index (χ3n) is 3.85. The third kappa shape index (κ3) is 3.54. The molecule has 21 heavy (non-hydrogen) atoms. The number of para-hydroxylation sites is 1. The second kappa shape index (κ2) is 5.76. The fraction of sp³-hybridized carbons (Fsp3) is 0.500. The van der Waals surface area contributed by atoms with Crippen LogP contribution in [0, 0.1) is 5.41 Å². The first-order valence-electron chi connectivity index (χ1n) is 7.17. The Morgan fingerprint density at radius 3 is 2.62 bits per heavy atom. The van der Waals surface area contributed by atoms with Gasteiger partial charge in [0, 0.05) is 18.3 Å². The predicted octanol–water partition coefficient (Wildman–Crippen LogP) is 2.65. The highest BCUT2D eigenvalue weighted by Crippen LogP contribution is 2.28. The number of carbonyl (C=O) groups is 2. The van der Waals surface area contributed by atoms with Crippen LogP contribution in [0.1, 0.15) is 32.8 Å². The van der Waals surface area contributed by atoms with Crippen molar-refractivity contribution in [1.29, 1.82) is 0 Å². The van der Waals surface area contributed by atoms with Gasteiger partial charge in [0.2, 0.25) is 0 Å². The number of aliphatic carboxylic acids is 1. The van der Waals surface area contributed by atoms with E-state index in [9.17, 15) is 9.59 Å². The Morgan fingerprint density at radius 1 is 1.33 bits per heavy atom. The molecule has 0 bridgehead atoms. The molecule has 0 spiro atoms. The summed E-state index contributed by atoms with van der Waals surface area (Å²) in [4.78, 5) is 25.2. The fourth-order valence-electron chi connectivity index (χ4n) is 2.52. The Hall–Kier alpha value is -2.04. The molecule has 2 amide bonds. The predicted molar refractivity (Wildman–Crippen MR) is 81.5 cm³/mol. The molecular weight excluding hydrogens is 268 g/mol. The van der Waals surface area contributed by atoms with Gasteiger partial charge in [-0.3, -0.25) is 9.69 Å². The summed E-state index contributed by atoms with van der Waals surface area (Å²) in [5.41, 5.74) is 1.75. The van der Waals surface area contributed by atoms with Gasteiger partial charge in [-0.05, 0) is 23.5 Å². The zero-order valence-electron chi connectivity index (χ0n) is 12.7. The number of carboxylic acids is 1. The van der Waals surface area contributed by atoms with Crippen molar-refractivity contribution in [2.75, 3.05) is 11.4 Å². The Kier molecular flexibility index (Phi) is 4.21. The van der Waals surface area contributed by atoms with E-state index in [1.165, 1.54) is 0 Å². The summed E-state index contributed by atoms with van der Waals surface area (Å²) in [6.07, 6.45) is 0.757. The van der Waals surface area contributed by atoms with Crippen LogP contribution in [0.4, 0.5) is 10.5 Å². The first-order valence-corrected chi connectivity index (χ1v) is 7.17. The minimum absolute atomic E-state index is 0.0786. The van der Waals surface area contributed by atoms with Crippen LogP contribution in [0.15, 0.2) is 24.3 Å². The molecule has 0 aromatic heterocycles. The summed E-state index contributed by atoms with van der Waals surface area (Å²) in [5, 5.41) is 11.9. The van der Waals surface area contributed by atoms with Crippen LogP contribution >= 0.6 is 0 Å². The molecule has 1 aliphatic rings. The van der Waals surface area contributed by atoms with Crippen molar-refractivity contribution < 1.29 is 14.7 Å². The van der Waals surface area contributed by atoms with E-state index < -0.39 is 12.0 Å². The van der Waals surface area contributed by atoms with Gasteiger partial charge in [-0.2, -0.15) is 0 Å². The fourth-order valence-corrected chi connectivity index (χ4v) is 2.52. The van der Waals surface area contributed by atoms with Crippen LogP contribution in [0.3, 0.4) is 0 Å². The molecule has 1 heterocycles. The van der Waals surface area contributed by atoms with E-state index in [1.807, 2.05) is 45.0 Å². The number of carbonyl (C=O) groups excluding carboxylic acids is 1. The molecule has 2 N–H and O–H groups in total. The summed E-state index contributed by atoms with van der Waals surface area (Å²) in [5.74, 6) is -0.906. The summed E-state index contributed by atoms with van der Waals surface area (Å²) in [7, 11) is 0. The second-order valence-corrected chi connectivity index (χ2v) is 6.50. The van der Waals surface area contributed by atoms with Gasteiger partial charge in [-0.1, -0.05) is 39.0 Å². The molecule has 1 aromatic rings. The van der Waals surface area contributed by atoms with Gasteiger partial charge in [0.1, 0.15) is 0 Å². The molecule has 0 radical (unpaired) electrons. The monoisotopic (exact) mass is 290 g/mol. The summed E-state index contributed by atoms with van der Waals surface area (Å²) >= 11 is 0. The highest BCUT2D eigenvalue weighted by atomic mass is 16.4. The van der Waals surface area contributed by atoms with Gasteiger partial charge < -0.3 is 10.4 Å². The first-order chi connectivity index (χ1) is 9.79. The molecule has 0 saturated heterocycles. The lowest BCUT2D eigenvalue weighted by atomic mass is 9.85. The maximum absolute atomic E-state index is 12.5. The molecule has 5 nitrogen and oxygen atoms in total. The lowest BCUT2D eigenvalue weighted by Gasteiger charge is -2.32. The molecule has 0 aliphatic carbocycles. The number of carboxylic acid groups (broad SMARTS) is 1.